The molecule has 8 nitrogen and oxygen atoms in total. The van der Waals surface area contributed by atoms with Gasteiger partial charge < -0.3 is 20.1 Å². The number of rotatable bonds is 10. The Bertz CT molecular complexity index is 1270. The Hall–Kier alpha value is -3.85. The highest BCUT2D eigenvalue weighted by Gasteiger charge is 2.09. The monoisotopic (exact) mass is 490 g/mol. The lowest BCUT2D eigenvalue weighted by Gasteiger charge is -2.12. The van der Waals surface area contributed by atoms with E-state index in [9.17, 15) is 0 Å². The van der Waals surface area contributed by atoms with Crippen molar-refractivity contribution in [1.82, 2.24) is 19.6 Å². The van der Waals surface area contributed by atoms with Crippen LogP contribution in [0.1, 0.15) is 30.5 Å². The number of hydrogen-bond donors (Lipinski definition) is 2. The molecule has 4 aromatic rings. The first-order valence-electron chi connectivity index (χ1n) is 11.6. The Balaban J connectivity index is 1.32. The Labute approximate surface area is 210 Å². The van der Waals surface area contributed by atoms with Crippen LogP contribution in [0, 0.1) is 6.92 Å². The van der Waals surface area contributed by atoms with E-state index in [1.165, 1.54) is 11.1 Å². The zero-order valence-electron chi connectivity index (χ0n) is 20.2. The zero-order valence-corrected chi connectivity index (χ0v) is 21.0. The molecule has 0 amide bonds. The number of nitrogens with one attached hydrogen (secondary N) is 2. The molecule has 182 valence electrons. The van der Waals surface area contributed by atoms with Crippen LogP contribution in [0.3, 0.4) is 0 Å². The third-order valence-corrected chi connectivity index (χ3v) is 5.40. The molecule has 2 aromatic heterocycles. The van der Waals surface area contributed by atoms with Gasteiger partial charge in [-0.3, -0.25) is 9.36 Å². The van der Waals surface area contributed by atoms with Crippen LogP contribution in [0.25, 0.3) is 0 Å². The molecule has 0 aliphatic rings. The summed E-state index contributed by atoms with van der Waals surface area (Å²) in [4.78, 5) is 0. The second-order valence-electron chi connectivity index (χ2n) is 8.07. The number of benzene rings is 2. The first kappa shape index (κ1) is 24.3. The van der Waals surface area contributed by atoms with Gasteiger partial charge in [-0.2, -0.15) is 10.2 Å². The Kier molecular flexibility index (Phi) is 7.99. The van der Waals surface area contributed by atoms with E-state index in [4.69, 9.17) is 21.7 Å². The molecule has 0 radical (unpaired) electrons. The van der Waals surface area contributed by atoms with Crippen molar-refractivity contribution in [2.24, 2.45) is 0 Å². The van der Waals surface area contributed by atoms with Crippen LogP contribution in [0.2, 0.25) is 0 Å². The maximum atomic E-state index is 5.72. The van der Waals surface area contributed by atoms with E-state index in [1.807, 2.05) is 53.8 Å². The van der Waals surface area contributed by atoms with E-state index >= 15 is 0 Å². The average Bonchev–Trinajstić information content (AvgIpc) is 3.46. The zero-order chi connectivity index (χ0) is 24.6. The quantitative estimate of drug-likeness (QED) is 0.300. The molecule has 2 aromatic carbocycles. The first-order valence-corrected chi connectivity index (χ1v) is 12.0. The molecule has 0 bridgehead atoms. The van der Waals surface area contributed by atoms with E-state index in [0.717, 1.165) is 28.4 Å². The molecule has 0 atom stereocenters. The van der Waals surface area contributed by atoms with Gasteiger partial charge in [0.05, 0.1) is 50.1 Å². The molecular weight excluding hydrogens is 460 g/mol. The summed E-state index contributed by atoms with van der Waals surface area (Å²) in [5, 5.41) is 15.7. The van der Waals surface area contributed by atoms with Crippen molar-refractivity contribution in [3.63, 3.8) is 0 Å². The topological polar surface area (TPSA) is 78.2 Å². The Morgan fingerprint density at radius 3 is 1.94 bits per heavy atom. The third kappa shape index (κ3) is 6.83. The predicted octanol–water partition coefficient (Wildman–Crippen LogP) is 5.09. The SMILES string of the molecule is CCOc1ccc(Cn2cc(NC(=S)Nc3cnn(Cc4ccc(C)cc4)c3)cn2)cc1OCC. The summed E-state index contributed by atoms with van der Waals surface area (Å²) in [6, 6.07) is 14.4. The van der Waals surface area contributed by atoms with Crippen LogP contribution in [-0.2, 0) is 13.1 Å². The largest absolute Gasteiger partial charge is 0.490 e. The maximum Gasteiger partial charge on any atom is 0.175 e. The third-order valence-electron chi connectivity index (χ3n) is 5.20. The van der Waals surface area contributed by atoms with Crippen molar-refractivity contribution in [3.8, 4) is 11.5 Å². The minimum Gasteiger partial charge on any atom is -0.490 e. The van der Waals surface area contributed by atoms with Crippen LogP contribution in [0.15, 0.2) is 67.3 Å². The van der Waals surface area contributed by atoms with Crippen LogP contribution in [0.5, 0.6) is 11.5 Å². The maximum absolute atomic E-state index is 5.72. The summed E-state index contributed by atoms with van der Waals surface area (Å²) < 4.78 is 15.1. The molecule has 0 aliphatic heterocycles. The molecule has 2 heterocycles. The van der Waals surface area contributed by atoms with Gasteiger partial charge in [0.1, 0.15) is 0 Å². The average molecular weight is 491 g/mol. The summed E-state index contributed by atoms with van der Waals surface area (Å²) in [5.41, 5.74) is 5.11. The molecule has 2 N–H and O–H groups in total. The highest BCUT2D eigenvalue weighted by Crippen LogP contribution is 2.29. The van der Waals surface area contributed by atoms with Crippen molar-refractivity contribution in [2.45, 2.75) is 33.9 Å². The number of hydrogen-bond acceptors (Lipinski definition) is 5. The lowest BCUT2D eigenvalue weighted by Crippen LogP contribution is -2.18. The molecule has 0 saturated carbocycles. The van der Waals surface area contributed by atoms with Gasteiger partial charge in [-0.25, -0.2) is 0 Å². The fourth-order valence-electron chi connectivity index (χ4n) is 3.58. The number of ether oxygens (including phenoxy) is 2. The van der Waals surface area contributed by atoms with Crippen LogP contribution >= 0.6 is 12.2 Å². The van der Waals surface area contributed by atoms with Gasteiger partial charge in [-0.1, -0.05) is 35.9 Å². The number of anilines is 2. The number of nitrogens with zero attached hydrogens (tertiary/aromatic N) is 4. The Morgan fingerprint density at radius 2 is 1.34 bits per heavy atom. The van der Waals surface area contributed by atoms with Gasteiger partial charge in [0.2, 0.25) is 0 Å². The van der Waals surface area contributed by atoms with Crippen molar-refractivity contribution in [3.05, 3.63) is 83.9 Å². The van der Waals surface area contributed by atoms with Gasteiger partial charge >= 0.3 is 0 Å². The highest BCUT2D eigenvalue weighted by molar-refractivity contribution is 7.80. The van der Waals surface area contributed by atoms with Crippen molar-refractivity contribution in [1.29, 1.82) is 0 Å². The van der Waals surface area contributed by atoms with Gasteiger partial charge in [0.15, 0.2) is 16.6 Å². The van der Waals surface area contributed by atoms with E-state index in [1.54, 1.807) is 12.4 Å². The molecule has 0 fully saturated rings. The van der Waals surface area contributed by atoms with Crippen LogP contribution in [0.4, 0.5) is 11.4 Å². The fraction of sp³-hybridized carbons (Fsp3) is 0.269. The van der Waals surface area contributed by atoms with Crippen LogP contribution in [-0.4, -0.2) is 37.9 Å². The minimum absolute atomic E-state index is 0.471. The first-order chi connectivity index (χ1) is 17.0. The Morgan fingerprint density at radius 1 is 0.800 bits per heavy atom. The highest BCUT2D eigenvalue weighted by atomic mass is 32.1. The molecule has 9 heteroatoms. The number of aryl methyl sites for hydroxylation is 1. The minimum atomic E-state index is 0.471. The summed E-state index contributed by atoms with van der Waals surface area (Å²) >= 11 is 5.47. The van der Waals surface area contributed by atoms with Crippen LogP contribution < -0.4 is 20.1 Å². The normalized spacial score (nSPS) is 10.7. The molecule has 4 rings (SSSR count). The smallest absolute Gasteiger partial charge is 0.175 e. The molecule has 35 heavy (non-hydrogen) atoms. The van der Waals surface area contributed by atoms with Crippen molar-refractivity contribution >= 4 is 28.7 Å². The summed E-state index contributed by atoms with van der Waals surface area (Å²) in [6.07, 6.45) is 7.34. The van der Waals surface area contributed by atoms with E-state index in [-0.39, 0.29) is 0 Å². The van der Waals surface area contributed by atoms with Crippen molar-refractivity contribution in [2.75, 3.05) is 23.8 Å². The van der Waals surface area contributed by atoms with Crippen molar-refractivity contribution < 1.29 is 9.47 Å². The lowest BCUT2D eigenvalue weighted by atomic mass is 10.1. The summed E-state index contributed by atoms with van der Waals surface area (Å²) in [7, 11) is 0. The molecule has 0 saturated heterocycles. The van der Waals surface area contributed by atoms with Gasteiger partial charge in [0.25, 0.3) is 0 Å². The summed E-state index contributed by atoms with van der Waals surface area (Å²) in [5.74, 6) is 1.49. The van der Waals surface area contributed by atoms with E-state index in [0.29, 0.717) is 31.4 Å². The number of thiocarbonyl (C=S) groups is 1. The van der Waals surface area contributed by atoms with Gasteiger partial charge in [-0.15, -0.1) is 0 Å². The number of aromatic nitrogens is 4. The predicted molar refractivity (Wildman–Crippen MR) is 142 cm³/mol. The van der Waals surface area contributed by atoms with E-state index < -0.39 is 0 Å². The van der Waals surface area contributed by atoms with Gasteiger partial charge in [0, 0.05) is 12.4 Å². The lowest BCUT2D eigenvalue weighted by molar-refractivity contribution is 0.287. The second kappa shape index (κ2) is 11.5. The van der Waals surface area contributed by atoms with E-state index in [2.05, 4.69) is 52.0 Å². The van der Waals surface area contributed by atoms with Gasteiger partial charge in [-0.05, 0) is 56.2 Å². The fourth-order valence-corrected chi connectivity index (χ4v) is 3.82. The molecular formula is C26H30N6O2S. The second-order valence-corrected chi connectivity index (χ2v) is 8.47. The standard InChI is InChI=1S/C26H30N6O2S/c1-4-33-24-11-10-21(12-25(24)34-5-2)16-32-18-23(14-28-32)30-26(35)29-22-13-27-31(17-22)15-20-8-6-19(3)7-9-20/h6-14,17-18H,4-5,15-16H2,1-3H3,(H2,29,30,35). The summed E-state index contributed by atoms with van der Waals surface area (Å²) in [6.45, 7) is 8.46. The molecule has 0 spiro atoms. The molecule has 0 unspecified atom stereocenters. The molecule has 0 aliphatic carbocycles.